The van der Waals surface area contributed by atoms with Crippen LogP contribution < -0.4 is 5.56 Å². The van der Waals surface area contributed by atoms with Crippen molar-refractivity contribution in [1.82, 2.24) is 9.55 Å². The monoisotopic (exact) mass is 390 g/mol. The molecule has 0 fully saturated rings. The van der Waals surface area contributed by atoms with E-state index in [1.54, 1.807) is 42.5 Å². The third-order valence-corrected chi connectivity index (χ3v) is 4.82. The summed E-state index contributed by atoms with van der Waals surface area (Å²) in [6.07, 6.45) is 3.15. The van der Waals surface area contributed by atoms with E-state index in [0.29, 0.717) is 27.4 Å². The average Bonchev–Trinajstić information content (AvgIpc) is 2.69. The standard InChI is InChI=1S/C23H16ClFN2O/c1-15-9-11-16(12-10-15)27-22(14-13-17-19(24)6-4-7-20(17)25)26-21-8-3-2-5-18(21)23(27)28/h2-14H,1H3/b14-13+. The molecule has 3 aromatic carbocycles. The molecule has 28 heavy (non-hydrogen) atoms. The Morgan fingerprint density at radius 2 is 1.71 bits per heavy atom. The number of hydrogen-bond donors (Lipinski definition) is 0. The number of aryl methyl sites for hydroxylation is 1. The van der Waals surface area contributed by atoms with Gasteiger partial charge in [-0.2, -0.15) is 0 Å². The normalized spacial score (nSPS) is 11.4. The van der Waals surface area contributed by atoms with Gasteiger partial charge in [-0.1, -0.05) is 47.5 Å². The van der Waals surface area contributed by atoms with Crippen LogP contribution in [0.25, 0.3) is 28.7 Å². The van der Waals surface area contributed by atoms with Crippen molar-refractivity contribution in [2.24, 2.45) is 0 Å². The van der Waals surface area contributed by atoms with Crippen LogP contribution in [0.4, 0.5) is 4.39 Å². The molecule has 0 unspecified atom stereocenters. The van der Waals surface area contributed by atoms with Crippen LogP contribution in [0.5, 0.6) is 0 Å². The quantitative estimate of drug-likeness (QED) is 0.452. The zero-order chi connectivity index (χ0) is 19.7. The van der Waals surface area contributed by atoms with Crippen LogP contribution in [-0.2, 0) is 0 Å². The maximum atomic E-state index is 14.1. The van der Waals surface area contributed by atoms with Gasteiger partial charge in [0.2, 0.25) is 0 Å². The third kappa shape index (κ3) is 3.35. The summed E-state index contributed by atoms with van der Waals surface area (Å²) < 4.78 is 15.6. The highest BCUT2D eigenvalue weighted by Crippen LogP contribution is 2.22. The van der Waals surface area contributed by atoms with Crippen LogP contribution in [0.15, 0.2) is 71.5 Å². The summed E-state index contributed by atoms with van der Waals surface area (Å²) >= 11 is 6.12. The minimum Gasteiger partial charge on any atom is -0.268 e. The van der Waals surface area contributed by atoms with Gasteiger partial charge in [-0.15, -0.1) is 0 Å². The molecule has 0 saturated heterocycles. The van der Waals surface area contributed by atoms with Crippen molar-refractivity contribution in [1.29, 1.82) is 0 Å². The predicted molar refractivity (Wildman–Crippen MR) is 112 cm³/mol. The number of rotatable bonds is 3. The van der Waals surface area contributed by atoms with Gasteiger partial charge in [-0.05, 0) is 55.5 Å². The van der Waals surface area contributed by atoms with Crippen molar-refractivity contribution < 1.29 is 4.39 Å². The molecule has 3 nitrogen and oxygen atoms in total. The average molecular weight is 391 g/mol. The Hall–Kier alpha value is -3.24. The van der Waals surface area contributed by atoms with Gasteiger partial charge in [-0.3, -0.25) is 9.36 Å². The topological polar surface area (TPSA) is 34.9 Å². The number of aromatic nitrogens is 2. The van der Waals surface area contributed by atoms with Crippen LogP contribution in [0, 0.1) is 12.7 Å². The molecule has 1 heterocycles. The highest BCUT2D eigenvalue weighted by molar-refractivity contribution is 6.32. The van der Waals surface area contributed by atoms with Crippen molar-refractivity contribution in [3.8, 4) is 5.69 Å². The Labute approximate surface area is 166 Å². The van der Waals surface area contributed by atoms with Gasteiger partial charge in [-0.25, -0.2) is 9.37 Å². The molecule has 4 aromatic rings. The molecule has 0 bridgehead atoms. The van der Waals surface area contributed by atoms with Crippen LogP contribution in [0.2, 0.25) is 5.02 Å². The van der Waals surface area contributed by atoms with Gasteiger partial charge in [0.15, 0.2) is 0 Å². The Kier molecular flexibility index (Phi) is 4.80. The molecule has 0 atom stereocenters. The Morgan fingerprint density at radius 1 is 0.964 bits per heavy atom. The minimum absolute atomic E-state index is 0.186. The Balaban J connectivity index is 1.96. The molecular weight excluding hydrogens is 375 g/mol. The molecule has 0 aliphatic carbocycles. The lowest BCUT2D eigenvalue weighted by molar-refractivity contribution is 0.625. The predicted octanol–water partition coefficient (Wildman–Crippen LogP) is 5.66. The maximum absolute atomic E-state index is 14.1. The number of fused-ring (bicyclic) bond motifs is 1. The lowest BCUT2D eigenvalue weighted by Crippen LogP contribution is -2.22. The fraction of sp³-hybridized carbons (Fsp3) is 0.0435. The maximum Gasteiger partial charge on any atom is 0.266 e. The van der Waals surface area contributed by atoms with Gasteiger partial charge < -0.3 is 0 Å². The molecule has 0 saturated carbocycles. The van der Waals surface area contributed by atoms with Gasteiger partial charge >= 0.3 is 0 Å². The van der Waals surface area contributed by atoms with E-state index in [1.807, 2.05) is 37.3 Å². The minimum atomic E-state index is -0.436. The van der Waals surface area contributed by atoms with E-state index in [2.05, 4.69) is 4.98 Å². The number of nitrogens with zero attached hydrogens (tertiary/aromatic N) is 2. The second kappa shape index (κ2) is 7.41. The van der Waals surface area contributed by atoms with Gasteiger partial charge in [0.05, 0.1) is 21.6 Å². The summed E-state index contributed by atoms with van der Waals surface area (Å²) in [5.74, 6) is -0.0411. The number of halogens is 2. The van der Waals surface area contributed by atoms with Crippen LogP contribution in [-0.4, -0.2) is 9.55 Å². The molecule has 5 heteroatoms. The van der Waals surface area contributed by atoms with Gasteiger partial charge in [0, 0.05) is 5.56 Å². The van der Waals surface area contributed by atoms with E-state index in [1.165, 1.54) is 10.6 Å². The summed E-state index contributed by atoms with van der Waals surface area (Å²) in [6.45, 7) is 1.98. The van der Waals surface area contributed by atoms with Gasteiger partial charge in [0.25, 0.3) is 5.56 Å². The lowest BCUT2D eigenvalue weighted by atomic mass is 10.1. The van der Waals surface area contributed by atoms with E-state index in [4.69, 9.17) is 11.6 Å². The second-order valence-corrected chi connectivity index (χ2v) is 6.84. The fourth-order valence-electron chi connectivity index (χ4n) is 3.03. The van der Waals surface area contributed by atoms with E-state index in [0.717, 1.165) is 5.56 Å². The third-order valence-electron chi connectivity index (χ3n) is 4.49. The molecule has 1 aromatic heterocycles. The number of para-hydroxylation sites is 1. The summed E-state index contributed by atoms with van der Waals surface area (Å²) in [7, 11) is 0. The summed E-state index contributed by atoms with van der Waals surface area (Å²) in [5, 5.41) is 0.811. The van der Waals surface area contributed by atoms with Crippen molar-refractivity contribution in [3.05, 3.63) is 105 Å². The highest BCUT2D eigenvalue weighted by atomic mass is 35.5. The molecule has 0 amide bonds. The van der Waals surface area contributed by atoms with Crippen molar-refractivity contribution in [2.75, 3.05) is 0 Å². The first-order valence-corrected chi connectivity index (χ1v) is 9.13. The zero-order valence-electron chi connectivity index (χ0n) is 15.1. The largest absolute Gasteiger partial charge is 0.268 e. The molecule has 0 radical (unpaired) electrons. The lowest BCUT2D eigenvalue weighted by Gasteiger charge is -2.12. The molecular formula is C23H16ClFN2O. The van der Waals surface area contributed by atoms with Crippen molar-refractivity contribution in [3.63, 3.8) is 0 Å². The molecule has 0 N–H and O–H groups in total. The first-order valence-electron chi connectivity index (χ1n) is 8.75. The first-order chi connectivity index (χ1) is 13.5. The summed E-state index contributed by atoms with van der Waals surface area (Å²) in [6, 6.07) is 19.2. The second-order valence-electron chi connectivity index (χ2n) is 6.43. The molecule has 4 rings (SSSR count). The Morgan fingerprint density at radius 3 is 2.46 bits per heavy atom. The fourth-order valence-corrected chi connectivity index (χ4v) is 3.26. The molecule has 138 valence electrons. The van der Waals surface area contributed by atoms with Crippen molar-refractivity contribution >= 4 is 34.7 Å². The molecule has 0 spiro atoms. The van der Waals surface area contributed by atoms with E-state index >= 15 is 0 Å². The Bertz CT molecular complexity index is 1240. The van der Waals surface area contributed by atoms with Gasteiger partial charge in [0.1, 0.15) is 11.6 Å². The van der Waals surface area contributed by atoms with E-state index < -0.39 is 5.82 Å². The van der Waals surface area contributed by atoms with E-state index in [9.17, 15) is 9.18 Å². The van der Waals surface area contributed by atoms with Crippen molar-refractivity contribution in [2.45, 2.75) is 6.92 Å². The van der Waals surface area contributed by atoms with Crippen LogP contribution in [0.1, 0.15) is 17.0 Å². The molecule has 0 aliphatic heterocycles. The SMILES string of the molecule is Cc1ccc(-n2c(/C=C/c3c(F)cccc3Cl)nc3ccccc3c2=O)cc1. The smallest absolute Gasteiger partial charge is 0.266 e. The summed E-state index contributed by atoms with van der Waals surface area (Å²) in [5.41, 5.74) is 2.42. The number of hydrogen-bond acceptors (Lipinski definition) is 2. The van der Waals surface area contributed by atoms with Crippen LogP contribution >= 0.6 is 11.6 Å². The zero-order valence-corrected chi connectivity index (χ0v) is 15.8. The number of benzene rings is 3. The van der Waals surface area contributed by atoms with E-state index in [-0.39, 0.29) is 11.1 Å². The first kappa shape index (κ1) is 18.1. The summed E-state index contributed by atoms with van der Waals surface area (Å²) in [4.78, 5) is 17.8. The van der Waals surface area contributed by atoms with Crippen LogP contribution in [0.3, 0.4) is 0 Å². The molecule has 0 aliphatic rings. The highest BCUT2D eigenvalue weighted by Gasteiger charge is 2.11.